The minimum Gasteiger partial charge on any atom is -0.325 e. The number of aryl methyl sites for hydroxylation is 1. The zero-order chi connectivity index (χ0) is 22.3. The molecule has 0 bridgehead atoms. The minimum atomic E-state index is -3.84. The van der Waals surface area contributed by atoms with Gasteiger partial charge in [0.05, 0.1) is 4.90 Å². The summed E-state index contributed by atoms with van der Waals surface area (Å²) in [6.07, 6.45) is 1.72. The van der Waals surface area contributed by atoms with Gasteiger partial charge in [0.25, 0.3) is 0 Å². The maximum atomic E-state index is 13.4. The molecule has 0 aromatic heterocycles. The van der Waals surface area contributed by atoms with Crippen LogP contribution in [-0.2, 0) is 26.0 Å². The van der Waals surface area contributed by atoms with E-state index in [1.54, 1.807) is 23.1 Å². The third kappa shape index (κ3) is 3.97. The second-order valence-corrected chi connectivity index (χ2v) is 10.3. The van der Waals surface area contributed by atoms with Crippen LogP contribution < -0.4 is 10.2 Å². The fourth-order valence-corrected chi connectivity index (χ4v) is 6.33. The molecule has 1 N–H and O–H groups in total. The van der Waals surface area contributed by atoms with Crippen molar-refractivity contribution in [1.82, 2.24) is 4.31 Å². The van der Waals surface area contributed by atoms with Gasteiger partial charge in [0.2, 0.25) is 21.8 Å². The summed E-state index contributed by atoms with van der Waals surface area (Å²) < 4.78 is 28.1. The van der Waals surface area contributed by atoms with Crippen LogP contribution in [0.1, 0.15) is 37.8 Å². The van der Waals surface area contributed by atoms with Crippen LogP contribution in [0, 0.1) is 6.92 Å². The zero-order valence-corrected chi connectivity index (χ0v) is 18.8. The van der Waals surface area contributed by atoms with Gasteiger partial charge in [-0.25, -0.2) is 8.42 Å². The maximum absolute atomic E-state index is 13.4. The standard InChI is InChI=1S/C23H27N3O4S/c1-15-6-4-7-19(12-15)24-23(28)22-8-5-11-25(22)31(29,30)20-9-10-21-18(14-20)13-16(2)26(21)17(3)27/h4,6-7,9-10,12,14,16,22H,5,8,11,13H2,1-3H3,(H,24,28)/t16-,22+/m0/s1. The second-order valence-electron chi connectivity index (χ2n) is 8.37. The van der Waals surface area contributed by atoms with E-state index in [-0.39, 0.29) is 22.8 Å². The molecule has 0 aliphatic carbocycles. The number of fused-ring (bicyclic) bond motifs is 1. The minimum absolute atomic E-state index is 0.00917. The van der Waals surface area contributed by atoms with Crippen LogP contribution in [0.15, 0.2) is 47.4 Å². The Labute approximate surface area is 183 Å². The Morgan fingerprint density at radius 3 is 2.61 bits per heavy atom. The Morgan fingerprint density at radius 2 is 1.90 bits per heavy atom. The van der Waals surface area contributed by atoms with Crippen molar-refractivity contribution >= 4 is 33.2 Å². The molecule has 2 aliphatic rings. The number of nitrogens with one attached hydrogen (secondary N) is 1. The van der Waals surface area contributed by atoms with Gasteiger partial charge in [-0.2, -0.15) is 4.31 Å². The maximum Gasteiger partial charge on any atom is 0.243 e. The van der Waals surface area contributed by atoms with Crippen LogP contribution in [0.5, 0.6) is 0 Å². The van der Waals surface area contributed by atoms with Crippen LogP contribution in [0.4, 0.5) is 11.4 Å². The van der Waals surface area contributed by atoms with E-state index in [4.69, 9.17) is 0 Å². The van der Waals surface area contributed by atoms with Crippen molar-refractivity contribution in [2.75, 3.05) is 16.8 Å². The van der Waals surface area contributed by atoms with Gasteiger partial charge in [-0.1, -0.05) is 12.1 Å². The van der Waals surface area contributed by atoms with Crippen molar-refractivity contribution < 1.29 is 18.0 Å². The highest BCUT2D eigenvalue weighted by atomic mass is 32.2. The van der Waals surface area contributed by atoms with E-state index in [2.05, 4.69) is 5.32 Å². The smallest absolute Gasteiger partial charge is 0.243 e. The third-order valence-corrected chi connectivity index (χ3v) is 7.91. The van der Waals surface area contributed by atoms with E-state index in [9.17, 15) is 18.0 Å². The highest BCUT2D eigenvalue weighted by molar-refractivity contribution is 7.89. The molecule has 2 heterocycles. The van der Waals surface area contributed by atoms with Crippen molar-refractivity contribution in [1.29, 1.82) is 0 Å². The first-order valence-corrected chi connectivity index (χ1v) is 11.9. The van der Waals surface area contributed by atoms with Gasteiger partial charge in [-0.15, -0.1) is 0 Å². The van der Waals surface area contributed by atoms with E-state index in [1.807, 2.05) is 32.0 Å². The largest absolute Gasteiger partial charge is 0.325 e. The van der Waals surface area contributed by atoms with Crippen LogP contribution in [-0.4, -0.2) is 43.2 Å². The first-order valence-electron chi connectivity index (χ1n) is 10.5. The molecule has 0 unspecified atom stereocenters. The zero-order valence-electron chi connectivity index (χ0n) is 18.0. The lowest BCUT2D eigenvalue weighted by molar-refractivity contribution is -0.119. The van der Waals surface area contributed by atoms with Gasteiger partial charge in [0.15, 0.2) is 0 Å². The summed E-state index contributed by atoms with van der Waals surface area (Å²) in [6.45, 7) is 5.70. The number of anilines is 2. The summed E-state index contributed by atoms with van der Waals surface area (Å²) in [7, 11) is -3.84. The summed E-state index contributed by atoms with van der Waals surface area (Å²) >= 11 is 0. The monoisotopic (exact) mass is 441 g/mol. The molecule has 2 aromatic rings. The lowest BCUT2D eigenvalue weighted by Gasteiger charge is -2.24. The molecule has 2 aliphatic heterocycles. The SMILES string of the molecule is CC(=O)N1c2ccc(S(=O)(=O)N3CCC[C@@H]3C(=O)Nc3cccc(C)c3)cc2C[C@@H]1C. The molecule has 31 heavy (non-hydrogen) atoms. The number of carbonyl (C=O) groups is 2. The number of carbonyl (C=O) groups excluding carboxylic acids is 2. The molecule has 0 radical (unpaired) electrons. The second kappa shape index (κ2) is 8.09. The van der Waals surface area contributed by atoms with Gasteiger partial charge in [0.1, 0.15) is 6.04 Å². The summed E-state index contributed by atoms with van der Waals surface area (Å²) in [5.41, 5.74) is 3.27. The number of rotatable bonds is 4. The molecule has 1 fully saturated rings. The molecule has 0 saturated carbocycles. The molecule has 4 rings (SSSR count). The first kappa shape index (κ1) is 21.5. The van der Waals surface area contributed by atoms with Gasteiger partial charge in [0, 0.05) is 30.9 Å². The summed E-state index contributed by atoms with van der Waals surface area (Å²) in [5.74, 6) is -0.376. The van der Waals surface area contributed by atoms with Crippen LogP contribution in [0.2, 0.25) is 0 Å². The Balaban J connectivity index is 1.59. The molecular formula is C23H27N3O4S. The molecule has 2 aromatic carbocycles. The average Bonchev–Trinajstić information content (AvgIpc) is 3.31. The van der Waals surface area contributed by atoms with E-state index >= 15 is 0 Å². The van der Waals surface area contributed by atoms with Crippen molar-refractivity contribution in [3.63, 3.8) is 0 Å². The number of hydrogen-bond donors (Lipinski definition) is 1. The van der Waals surface area contributed by atoms with E-state index < -0.39 is 16.1 Å². The predicted octanol–water partition coefficient (Wildman–Crippen LogP) is 3.08. The van der Waals surface area contributed by atoms with Crippen LogP contribution in [0.3, 0.4) is 0 Å². The van der Waals surface area contributed by atoms with Crippen LogP contribution >= 0.6 is 0 Å². The number of benzene rings is 2. The number of hydrogen-bond acceptors (Lipinski definition) is 4. The van der Waals surface area contributed by atoms with E-state index in [0.717, 1.165) is 16.8 Å². The van der Waals surface area contributed by atoms with Crippen molar-refractivity contribution in [2.24, 2.45) is 0 Å². The van der Waals surface area contributed by atoms with Gasteiger partial charge in [-0.05, 0) is 74.6 Å². The molecule has 1 saturated heterocycles. The molecular weight excluding hydrogens is 414 g/mol. The van der Waals surface area contributed by atoms with Crippen LogP contribution in [0.25, 0.3) is 0 Å². The lowest BCUT2D eigenvalue weighted by atomic mass is 10.1. The highest BCUT2D eigenvalue weighted by Gasteiger charge is 2.40. The van der Waals surface area contributed by atoms with Gasteiger partial charge in [-0.3, -0.25) is 9.59 Å². The molecule has 2 amide bonds. The van der Waals surface area contributed by atoms with Gasteiger partial charge < -0.3 is 10.2 Å². The summed E-state index contributed by atoms with van der Waals surface area (Å²) in [6, 6.07) is 11.6. The molecule has 0 spiro atoms. The summed E-state index contributed by atoms with van der Waals surface area (Å²) in [5, 5.41) is 2.85. The molecule has 164 valence electrons. The van der Waals surface area contributed by atoms with E-state index in [1.165, 1.54) is 17.3 Å². The number of sulfonamides is 1. The van der Waals surface area contributed by atoms with Crippen molar-refractivity contribution in [3.8, 4) is 0 Å². The quantitative estimate of drug-likeness (QED) is 0.790. The normalized spacial score (nSPS) is 21.2. The average molecular weight is 442 g/mol. The Kier molecular flexibility index (Phi) is 5.61. The summed E-state index contributed by atoms with van der Waals surface area (Å²) in [4.78, 5) is 26.7. The van der Waals surface area contributed by atoms with Crippen molar-refractivity contribution in [3.05, 3.63) is 53.6 Å². The molecule has 2 atom stereocenters. The number of amides is 2. The van der Waals surface area contributed by atoms with Crippen molar-refractivity contribution in [2.45, 2.75) is 57.0 Å². The number of nitrogens with zero attached hydrogens (tertiary/aromatic N) is 2. The molecule has 7 nitrogen and oxygen atoms in total. The van der Waals surface area contributed by atoms with E-state index in [0.29, 0.717) is 31.5 Å². The Bertz CT molecular complexity index is 1150. The fourth-order valence-electron chi connectivity index (χ4n) is 4.62. The highest BCUT2D eigenvalue weighted by Crippen LogP contribution is 2.35. The Hall–Kier alpha value is -2.71. The predicted molar refractivity (Wildman–Crippen MR) is 119 cm³/mol. The lowest BCUT2D eigenvalue weighted by Crippen LogP contribution is -2.43. The van der Waals surface area contributed by atoms with Gasteiger partial charge >= 0.3 is 0 Å². The fraction of sp³-hybridized carbons (Fsp3) is 0.391. The molecule has 8 heteroatoms. The topological polar surface area (TPSA) is 86.8 Å². The Morgan fingerprint density at radius 1 is 1.13 bits per heavy atom. The first-order chi connectivity index (χ1) is 14.7. The third-order valence-electron chi connectivity index (χ3n) is 6.00.